The zero-order chi connectivity index (χ0) is 11.1. The topological polar surface area (TPSA) is 50.8 Å². The highest BCUT2D eigenvalue weighted by atomic mass is 16.7. The van der Waals surface area contributed by atoms with E-state index in [1.807, 2.05) is 11.8 Å². The van der Waals surface area contributed by atoms with Crippen LogP contribution in [0.1, 0.15) is 19.8 Å². The van der Waals surface area contributed by atoms with Crippen molar-refractivity contribution in [2.75, 3.05) is 33.4 Å². The number of nitrogens with one attached hydrogen (secondary N) is 1. The van der Waals surface area contributed by atoms with Crippen molar-refractivity contribution >= 4 is 5.91 Å². The molecule has 0 aromatic carbocycles. The van der Waals surface area contributed by atoms with Crippen LogP contribution >= 0.6 is 0 Å². The molecule has 1 rings (SSSR count). The molecular formula is C10H20N2O3. The number of nitrogens with zero attached hydrogens (tertiary/aromatic N) is 1. The lowest BCUT2D eigenvalue weighted by Gasteiger charge is -2.20. The van der Waals surface area contributed by atoms with E-state index in [0.29, 0.717) is 19.3 Å². The standard InChI is InChI=1S/C10H20N2O3/c1-3-12(9-4-5-9)10(13)8-11-15-7-6-14-2/h9,11H,3-8H2,1-2H3. The van der Waals surface area contributed by atoms with E-state index in [2.05, 4.69) is 5.48 Å². The number of hydroxylamine groups is 1. The molecule has 1 amide bonds. The summed E-state index contributed by atoms with van der Waals surface area (Å²) in [5, 5.41) is 0. The Kier molecular flexibility index (Phi) is 5.60. The average Bonchev–Trinajstić information content (AvgIpc) is 3.03. The summed E-state index contributed by atoms with van der Waals surface area (Å²) in [5.74, 6) is 0.109. The van der Waals surface area contributed by atoms with Crippen LogP contribution in [-0.4, -0.2) is 50.3 Å². The van der Waals surface area contributed by atoms with Crippen LogP contribution in [0.4, 0.5) is 0 Å². The molecule has 0 saturated heterocycles. The molecule has 1 aliphatic rings. The van der Waals surface area contributed by atoms with Gasteiger partial charge in [-0.1, -0.05) is 0 Å². The maximum absolute atomic E-state index is 11.6. The SMILES string of the molecule is CCN(C(=O)CNOCCOC)C1CC1. The summed E-state index contributed by atoms with van der Waals surface area (Å²) in [6, 6.07) is 0.475. The zero-order valence-electron chi connectivity index (χ0n) is 9.49. The summed E-state index contributed by atoms with van der Waals surface area (Å²) in [6.07, 6.45) is 2.29. The van der Waals surface area contributed by atoms with Gasteiger partial charge in [0.1, 0.15) is 6.54 Å². The van der Waals surface area contributed by atoms with E-state index in [1.165, 1.54) is 0 Å². The summed E-state index contributed by atoms with van der Waals surface area (Å²) in [7, 11) is 1.61. The van der Waals surface area contributed by atoms with Crippen molar-refractivity contribution in [2.24, 2.45) is 0 Å². The predicted octanol–water partition coefficient (Wildman–Crippen LogP) is 0.165. The number of likely N-dealkylation sites (N-methyl/N-ethyl adjacent to an activating group) is 1. The molecule has 0 radical (unpaired) electrons. The molecule has 0 heterocycles. The van der Waals surface area contributed by atoms with Gasteiger partial charge >= 0.3 is 0 Å². The lowest BCUT2D eigenvalue weighted by atomic mass is 10.4. The lowest BCUT2D eigenvalue weighted by Crippen LogP contribution is -2.39. The molecule has 0 aromatic rings. The first-order chi connectivity index (χ1) is 7.29. The summed E-state index contributed by atoms with van der Waals surface area (Å²) < 4.78 is 4.81. The van der Waals surface area contributed by atoms with Gasteiger partial charge in [0.05, 0.1) is 13.2 Å². The smallest absolute Gasteiger partial charge is 0.239 e. The van der Waals surface area contributed by atoms with Crippen LogP contribution in [0.5, 0.6) is 0 Å². The molecule has 0 atom stereocenters. The van der Waals surface area contributed by atoms with Crippen LogP contribution in [0.25, 0.3) is 0 Å². The fraction of sp³-hybridized carbons (Fsp3) is 0.900. The molecule has 0 aliphatic heterocycles. The molecule has 88 valence electrons. The maximum Gasteiger partial charge on any atom is 0.239 e. The van der Waals surface area contributed by atoms with E-state index in [-0.39, 0.29) is 12.5 Å². The van der Waals surface area contributed by atoms with Gasteiger partial charge < -0.3 is 9.64 Å². The van der Waals surface area contributed by atoms with Gasteiger partial charge in [0, 0.05) is 19.7 Å². The number of methoxy groups -OCH3 is 1. The predicted molar refractivity (Wildman–Crippen MR) is 56.2 cm³/mol. The van der Waals surface area contributed by atoms with Gasteiger partial charge in [0.15, 0.2) is 0 Å². The molecule has 5 heteroatoms. The van der Waals surface area contributed by atoms with E-state index < -0.39 is 0 Å². The Bertz CT molecular complexity index is 195. The van der Waals surface area contributed by atoms with E-state index in [1.54, 1.807) is 7.11 Å². The Labute approximate surface area is 90.7 Å². The van der Waals surface area contributed by atoms with Crippen molar-refractivity contribution in [1.82, 2.24) is 10.4 Å². The summed E-state index contributed by atoms with van der Waals surface area (Å²) in [6.45, 7) is 4.01. The molecule has 15 heavy (non-hydrogen) atoms. The second-order valence-electron chi connectivity index (χ2n) is 3.57. The molecule has 0 spiro atoms. The summed E-state index contributed by atoms with van der Waals surface area (Å²) in [4.78, 5) is 18.6. The van der Waals surface area contributed by atoms with Gasteiger partial charge in [0.25, 0.3) is 0 Å². The van der Waals surface area contributed by atoms with Crippen LogP contribution in [0, 0.1) is 0 Å². The average molecular weight is 216 g/mol. The van der Waals surface area contributed by atoms with Gasteiger partial charge in [-0.05, 0) is 19.8 Å². The van der Waals surface area contributed by atoms with Gasteiger partial charge in [-0.15, -0.1) is 0 Å². The van der Waals surface area contributed by atoms with E-state index in [0.717, 1.165) is 19.4 Å². The quantitative estimate of drug-likeness (QED) is 0.464. The Morgan fingerprint density at radius 1 is 1.47 bits per heavy atom. The van der Waals surface area contributed by atoms with E-state index in [4.69, 9.17) is 9.57 Å². The fourth-order valence-electron chi connectivity index (χ4n) is 1.44. The van der Waals surface area contributed by atoms with Gasteiger partial charge in [-0.25, -0.2) is 0 Å². The van der Waals surface area contributed by atoms with E-state index in [9.17, 15) is 4.79 Å². The van der Waals surface area contributed by atoms with Crippen LogP contribution in [0.15, 0.2) is 0 Å². The van der Waals surface area contributed by atoms with Gasteiger partial charge in [-0.2, -0.15) is 5.48 Å². The normalized spacial score (nSPS) is 15.3. The first kappa shape index (κ1) is 12.4. The zero-order valence-corrected chi connectivity index (χ0v) is 9.49. The largest absolute Gasteiger partial charge is 0.382 e. The van der Waals surface area contributed by atoms with Crippen molar-refractivity contribution < 1.29 is 14.4 Å². The molecule has 1 N–H and O–H groups in total. The molecule has 0 aromatic heterocycles. The molecule has 5 nitrogen and oxygen atoms in total. The molecular weight excluding hydrogens is 196 g/mol. The summed E-state index contributed by atoms with van der Waals surface area (Å²) >= 11 is 0. The number of carbonyl (C=O) groups is 1. The Balaban J connectivity index is 2.06. The van der Waals surface area contributed by atoms with Gasteiger partial charge in [0.2, 0.25) is 5.91 Å². The third-order valence-corrected chi connectivity index (χ3v) is 2.36. The number of ether oxygens (including phenoxy) is 1. The Hall–Kier alpha value is -0.650. The monoisotopic (exact) mass is 216 g/mol. The molecule has 1 aliphatic carbocycles. The fourth-order valence-corrected chi connectivity index (χ4v) is 1.44. The number of hydrogen-bond donors (Lipinski definition) is 1. The van der Waals surface area contributed by atoms with Gasteiger partial charge in [-0.3, -0.25) is 9.63 Å². The highest BCUT2D eigenvalue weighted by Crippen LogP contribution is 2.26. The molecule has 1 saturated carbocycles. The third kappa shape index (κ3) is 4.59. The summed E-state index contributed by atoms with van der Waals surface area (Å²) in [5.41, 5.74) is 2.65. The van der Waals surface area contributed by atoms with E-state index >= 15 is 0 Å². The Morgan fingerprint density at radius 3 is 2.73 bits per heavy atom. The van der Waals surface area contributed by atoms with Crippen molar-refractivity contribution in [2.45, 2.75) is 25.8 Å². The third-order valence-electron chi connectivity index (χ3n) is 2.36. The molecule has 0 bridgehead atoms. The first-order valence-electron chi connectivity index (χ1n) is 5.42. The Morgan fingerprint density at radius 2 is 2.20 bits per heavy atom. The van der Waals surface area contributed by atoms with Crippen molar-refractivity contribution in [1.29, 1.82) is 0 Å². The van der Waals surface area contributed by atoms with Crippen LogP contribution < -0.4 is 5.48 Å². The van der Waals surface area contributed by atoms with Crippen LogP contribution in [0.3, 0.4) is 0 Å². The van der Waals surface area contributed by atoms with Crippen LogP contribution in [-0.2, 0) is 14.4 Å². The number of rotatable bonds is 8. The lowest BCUT2D eigenvalue weighted by molar-refractivity contribution is -0.133. The minimum Gasteiger partial charge on any atom is -0.382 e. The van der Waals surface area contributed by atoms with Crippen molar-refractivity contribution in [3.63, 3.8) is 0 Å². The maximum atomic E-state index is 11.6. The van der Waals surface area contributed by atoms with Crippen LogP contribution in [0.2, 0.25) is 0 Å². The minimum atomic E-state index is 0.109. The van der Waals surface area contributed by atoms with Crippen molar-refractivity contribution in [3.8, 4) is 0 Å². The van der Waals surface area contributed by atoms with Crippen molar-refractivity contribution in [3.05, 3.63) is 0 Å². The highest BCUT2D eigenvalue weighted by molar-refractivity contribution is 5.78. The number of hydrogen-bond acceptors (Lipinski definition) is 4. The second kappa shape index (κ2) is 6.76. The molecule has 0 unspecified atom stereocenters. The minimum absolute atomic E-state index is 0.109. The second-order valence-corrected chi connectivity index (χ2v) is 3.57. The number of carbonyl (C=O) groups excluding carboxylic acids is 1. The molecule has 1 fully saturated rings. The first-order valence-corrected chi connectivity index (χ1v) is 5.42. The number of amides is 1. The highest BCUT2D eigenvalue weighted by Gasteiger charge is 2.30.